The third-order valence-electron chi connectivity index (χ3n) is 2.87. The molecule has 2 aromatic heterocycles. The van der Waals surface area contributed by atoms with Crippen LogP contribution < -0.4 is 5.32 Å². The van der Waals surface area contributed by atoms with Gasteiger partial charge < -0.3 is 10.4 Å². The highest BCUT2D eigenvalue weighted by molar-refractivity contribution is 7.15. The second-order valence-electron chi connectivity index (χ2n) is 4.94. The molecule has 0 spiro atoms. The van der Waals surface area contributed by atoms with Crippen LogP contribution in [0.25, 0.3) is 0 Å². The molecule has 0 atom stereocenters. The molecule has 0 unspecified atom stereocenters. The summed E-state index contributed by atoms with van der Waals surface area (Å²) in [6.45, 7) is 6.81. The Labute approximate surface area is 120 Å². The van der Waals surface area contributed by atoms with Crippen molar-refractivity contribution in [1.82, 2.24) is 4.98 Å². The molecule has 4 nitrogen and oxygen atoms in total. The molecule has 0 aliphatic rings. The summed E-state index contributed by atoms with van der Waals surface area (Å²) in [5.74, 6) is -0.973. The van der Waals surface area contributed by atoms with Gasteiger partial charge in [-0.05, 0) is 18.4 Å². The van der Waals surface area contributed by atoms with Crippen LogP contribution in [-0.2, 0) is 5.41 Å². The Bertz CT molecular complexity index is 573. The van der Waals surface area contributed by atoms with Crippen molar-refractivity contribution in [2.75, 3.05) is 11.9 Å². The van der Waals surface area contributed by atoms with E-state index in [0.29, 0.717) is 5.13 Å². The van der Waals surface area contributed by atoms with Gasteiger partial charge in [0, 0.05) is 21.7 Å². The molecule has 0 bridgehead atoms. The Morgan fingerprint density at radius 3 is 2.79 bits per heavy atom. The molecular formula is C13H16N2O2S2. The maximum atomic E-state index is 10.9. The van der Waals surface area contributed by atoms with E-state index in [9.17, 15) is 4.79 Å². The summed E-state index contributed by atoms with van der Waals surface area (Å²) in [7, 11) is 0. The normalized spacial score (nSPS) is 11.5. The summed E-state index contributed by atoms with van der Waals surface area (Å²) < 4.78 is 0. The number of carboxylic acids is 1. The number of carbonyl (C=O) groups is 1. The number of thiophene rings is 1. The van der Waals surface area contributed by atoms with Crippen molar-refractivity contribution >= 4 is 33.8 Å². The number of aromatic carboxylic acids is 1. The number of carboxylic acid groups (broad SMARTS) is 1. The van der Waals surface area contributed by atoms with E-state index in [1.54, 1.807) is 18.3 Å². The second kappa shape index (κ2) is 5.30. The van der Waals surface area contributed by atoms with Crippen molar-refractivity contribution in [2.45, 2.75) is 26.2 Å². The molecule has 2 heterocycles. The number of nitrogens with zero attached hydrogens (tertiary/aromatic N) is 1. The fourth-order valence-electron chi connectivity index (χ4n) is 1.72. The van der Waals surface area contributed by atoms with Gasteiger partial charge in [0.15, 0.2) is 10.8 Å². The van der Waals surface area contributed by atoms with E-state index in [4.69, 9.17) is 5.11 Å². The van der Waals surface area contributed by atoms with E-state index in [0.717, 1.165) is 11.4 Å². The predicted octanol–water partition coefficient (Wildman–Crippen LogP) is 3.60. The number of thiazole rings is 1. The Hall–Kier alpha value is -1.40. The van der Waals surface area contributed by atoms with Crippen LogP contribution >= 0.6 is 22.7 Å². The van der Waals surface area contributed by atoms with Crippen molar-refractivity contribution in [3.63, 3.8) is 0 Å². The fourth-order valence-corrected chi connectivity index (χ4v) is 3.37. The van der Waals surface area contributed by atoms with E-state index in [-0.39, 0.29) is 11.1 Å². The molecule has 102 valence electrons. The van der Waals surface area contributed by atoms with Gasteiger partial charge in [0.2, 0.25) is 0 Å². The van der Waals surface area contributed by atoms with Crippen molar-refractivity contribution in [3.8, 4) is 0 Å². The standard InChI is InChI=1S/C13H16N2O2S2/c1-8-10(11(16)17)15-12(19-8)14-7-13(2,3)9-5-4-6-18-9/h4-6H,7H2,1-3H3,(H,14,15)(H,16,17). The molecule has 0 saturated heterocycles. The largest absolute Gasteiger partial charge is 0.476 e. The molecule has 0 fully saturated rings. The molecule has 0 aliphatic heterocycles. The summed E-state index contributed by atoms with van der Waals surface area (Å²) in [4.78, 5) is 17.1. The van der Waals surface area contributed by atoms with Gasteiger partial charge in [-0.25, -0.2) is 9.78 Å². The lowest BCUT2D eigenvalue weighted by molar-refractivity contribution is 0.0690. The van der Waals surface area contributed by atoms with Gasteiger partial charge in [0.25, 0.3) is 0 Å². The zero-order valence-corrected chi connectivity index (χ0v) is 12.7. The van der Waals surface area contributed by atoms with Crippen molar-refractivity contribution in [1.29, 1.82) is 0 Å². The molecule has 0 amide bonds. The van der Waals surface area contributed by atoms with Crippen LogP contribution in [0.15, 0.2) is 17.5 Å². The Morgan fingerprint density at radius 1 is 1.53 bits per heavy atom. The quantitative estimate of drug-likeness (QED) is 0.885. The number of anilines is 1. The van der Waals surface area contributed by atoms with Crippen molar-refractivity contribution < 1.29 is 9.90 Å². The monoisotopic (exact) mass is 296 g/mol. The highest BCUT2D eigenvalue weighted by Crippen LogP contribution is 2.29. The minimum atomic E-state index is -0.973. The third kappa shape index (κ3) is 3.13. The van der Waals surface area contributed by atoms with Crippen molar-refractivity contribution in [3.05, 3.63) is 33.0 Å². The Balaban J connectivity index is 2.07. The number of aryl methyl sites for hydroxylation is 1. The van der Waals surface area contributed by atoms with Crippen LogP contribution in [-0.4, -0.2) is 22.6 Å². The van der Waals surface area contributed by atoms with Gasteiger partial charge in [-0.2, -0.15) is 0 Å². The first-order chi connectivity index (χ1) is 8.90. The highest BCUT2D eigenvalue weighted by atomic mass is 32.1. The van der Waals surface area contributed by atoms with Crippen LogP contribution in [0.2, 0.25) is 0 Å². The van der Waals surface area contributed by atoms with Crippen LogP contribution in [0.5, 0.6) is 0 Å². The zero-order valence-electron chi connectivity index (χ0n) is 11.1. The number of rotatable bonds is 5. The predicted molar refractivity (Wildman–Crippen MR) is 79.6 cm³/mol. The van der Waals surface area contributed by atoms with E-state index in [1.165, 1.54) is 16.2 Å². The maximum absolute atomic E-state index is 10.9. The first-order valence-corrected chi connectivity index (χ1v) is 7.58. The second-order valence-corrected chi connectivity index (χ2v) is 7.09. The topological polar surface area (TPSA) is 62.2 Å². The van der Waals surface area contributed by atoms with Crippen LogP contribution in [0.4, 0.5) is 5.13 Å². The maximum Gasteiger partial charge on any atom is 0.355 e. The van der Waals surface area contributed by atoms with Gasteiger partial charge in [-0.1, -0.05) is 19.9 Å². The van der Waals surface area contributed by atoms with Crippen LogP contribution in [0.3, 0.4) is 0 Å². The number of hydrogen-bond donors (Lipinski definition) is 2. The molecule has 19 heavy (non-hydrogen) atoms. The number of hydrogen-bond acceptors (Lipinski definition) is 5. The molecule has 0 aromatic carbocycles. The van der Waals surface area contributed by atoms with Gasteiger partial charge in [0.05, 0.1) is 0 Å². The zero-order chi connectivity index (χ0) is 14.0. The van der Waals surface area contributed by atoms with E-state index >= 15 is 0 Å². The van der Waals surface area contributed by atoms with E-state index in [2.05, 4.69) is 35.6 Å². The lowest BCUT2D eigenvalue weighted by Gasteiger charge is -2.23. The molecular weight excluding hydrogens is 280 g/mol. The minimum Gasteiger partial charge on any atom is -0.476 e. The third-order valence-corrected chi connectivity index (χ3v) is 5.03. The lowest BCUT2D eigenvalue weighted by Crippen LogP contribution is -2.26. The fraction of sp³-hybridized carbons (Fsp3) is 0.385. The van der Waals surface area contributed by atoms with Crippen LogP contribution in [0.1, 0.15) is 34.1 Å². The lowest BCUT2D eigenvalue weighted by atomic mass is 9.91. The first kappa shape index (κ1) is 14.0. The molecule has 0 saturated carbocycles. The molecule has 0 radical (unpaired) electrons. The van der Waals surface area contributed by atoms with Crippen LogP contribution in [0, 0.1) is 6.92 Å². The minimum absolute atomic E-state index is 0.00285. The first-order valence-electron chi connectivity index (χ1n) is 5.89. The number of aromatic nitrogens is 1. The average Bonchev–Trinajstić information content (AvgIpc) is 2.95. The summed E-state index contributed by atoms with van der Waals surface area (Å²) in [6, 6.07) is 4.15. The Kier molecular flexibility index (Phi) is 3.91. The molecule has 6 heteroatoms. The summed E-state index contributed by atoms with van der Waals surface area (Å²) in [5.41, 5.74) is 0.137. The summed E-state index contributed by atoms with van der Waals surface area (Å²) >= 11 is 3.11. The van der Waals surface area contributed by atoms with Gasteiger partial charge in [0.1, 0.15) is 0 Å². The molecule has 2 rings (SSSR count). The summed E-state index contributed by atoms with van der Waals surface area (Å²) in [6.07, 6.45) is 0. The number of nitrogens with one attached hydrogen (secondary N) is 1. The molecule has 2 N–H and O–H groups in total. The Morgan fingerprint density at radius 2 is 2.26 bits per heavy atom. The smallest absolute Gasteiger partial charge is 0.355 e. The highest BCUT2D eigenvalue weighted by Gasteiger charge is 2.22. The SMILES string of the molecule is Cc1sc(NCC(C)(C)c2cccs2)nc1C(=O)O. The van der Waals surface area contributed by atoms with Gasteiger partial charge in [-0.15, -0.1) is 22.7 Å². The van der Waals surface area contributed by atoms with Gasteiger partial charge in [-0.3, -0.25) is 0 Å². The molecule has 0 aliphatic carbocycles. The van der Waals surface area contributed by atoms with E-state index < -0.39 is 5.97 Å². The molecule has 2 aromatic rings. The van der Waals surface area contributed by atoms with E-state index in [1.807, 2.05) is 6.07 Å². The van der Waals surface area contributed by atoms with Gasteiger partial charge >= 0.3 is 5.97 Å². The van der Waals surface area contributed by atoms with Crippen molar-refractivity contribution in [2.24, 2.45) is 0 Å². The summed E-state index contributed by atoms with van der Waals surface area (Å²) in [5, 5.41) is 14.9. The average molecular weight is 296 g/mol.